The van der Waals surface area contributed by atoms with Gasteiger partial charge in [-0.1, -0.05) is 0 Å². The number of aliphatic hydroxyl groups is 1. The zero-order valence-electron chi connectivity index (χ0n) is 8.08. The van der Waals surface area contributed by atoms with E-state index in [4.69, 9.17) is 5.73 Å². The molecule has 0 aromatic heterocycles. The summed E-state index contributed by atoms with van der Waals surface area (Å²) in [4.78, 5) is 2.30. The number of hydrogen-bond acceptors (Lipinski definition) is 3. The summed E-state index contributed by atoms with van der Waals surface area (Å²) in [5, 5.41) is 9.99. The molecule has 0 aromatic carbocycles. The van der Waals surface area contributed by atoms with Gasteiger partial charge in [0.05, 0.1) is 5.60 Å². The third kappa shape index (κ3) is 2.19. The third-order valence-corrected chi connectivity index (χ3v) is 2.70. The Balaban J connectivity index is 2.43. The number of nitrogens with two attached hydrogens (primary N) is 1. The van der Waals surface area contributed by atoms with E-state index in [1.54, 1.807) is 0 Å². The summed E-state index contributed by atoms with van der Waals surface area (Å²) >= 11 is 0. The molecule has 1 atom stereocenters. The van der Waals surface area contributed by atoms with Gasteiger partial charge in [0.1, 0.15) is 0 Å². The molecule has 0 bridgehead atoms. The lowest BCUT2D eigenvalue weighted by Crippen LogP contribution is -2.37. The van der Waals surface area contributed by atoms with Crippen LogP contribution in [0.3, 0.4) is 0 Å². The van der Waals surface area contributed by atoms with Gasteiger partial charge in [0.2, 0.25) is 0 Å². The molecule has 3 N–H and O–H groups in total. The Morgan fingerprint density at radius 3 is 2.67 bits per heavy atom. The highest BCUT2D eigenvalue weighted by atomic mass is 16.3. The Bertz CT molecular complexity index is 149. The maximum atomic E-state index is 9.99. The highest BCUT2D eigenvalue weighted by Crippen LogP contribution is 2.25. The van der Waals surface area contributed by atoms with Gasteiger partial charge in [0.25, 0.3) is 0 Å². The zero-order valence-corrected chi connectivity index (χ0v) is 8.08. The van der Waals surface area contributed by atoms with Gasteiger partial charge in [-0.3, -0.25) is 4.90 Å². The van der Waals surface area contributed by atoms with Crippen LogP contribution in [0.25, 0.3) is 0 Å². The van der Waals surface area contributed by atoms with Gasteiger partial charge in [-0.15, -0.1) is 0 Å². The lowest BCUT2D eigenvalue weighted by atomic mass is 9.99. The average Bonchev–Trinajstić information content (AvgIpc) is 2.33. The van der Waals surface area contributed by atoms with E-state index in [-0.39, 0.29) is 0 Å². The molecular weight excluding hydrogens is 152 g/mol. The van der Waals surface area contributed by atoms with E-state index in [0.717, 1.165) is 25.9 Å². The summed E-state index contributed by atoms with van der Waals surface area (Å²) in [6, 6.07) is 0.539. The van der Waals surface area contributed by atoms with Gasteiger partial charge >= 0.3 is 0 Å². The van der Waals surface area contributed by atoms with Crippen LogP contribution in [0.15, 0.2) is 0 Å². The summed E-state index contributed by atoms with van der Waals surface area (Å²) in [7, 11) is 0. The molecule has 72 valence electrons. The second-order valence-corrected chi connectivity index (χ2v) is 4.08. The molecule has 1 aliphatic heterocycles. The topological polar surface area (TPSA) is 49.5 Å². The fourth-order valence-electron chi connectivity index (χ4n) is 1.80. The second-order valence-electron chi connectivity index (χ2n) is 4.08. The van der Waals surface area contributed by atoms with Crippen LogP contribution in [0.1, 0.15) is 26.7 Å². The van der Waals surface area contributed by atoms with E-state index < -0.39 is 5.60 Å². The van der Waals surface area contributed by atoms with Crippen molar-refractivity contribution in [1.82, 2.24) is 4.90 Å². The molecule has 3 nitrogen and oxygen atoms in total. The molecule has 1 fully saturated rings. The Hall–Kier alpha value is -0.120. The first-order valence-electron chi connectivity index (χ1n) is 4.74. The minimum Gasteiger partial charge on any atom is -0.388 e. The number of β-amino-alcohol motifs (C(OH)–C–C–N with tert-alkyl or cyclic N) is 1. The number of nitrogens with zero attached hydrogens (tertiary/aromatic N) is 1. The minimum absolute atomic E-state index is 0.501. The van der Waals surface area contributed by atoms with Gasteiger partial charge in [-0.2, -0.15) is 0 Å². The predicted molar refractivity (Wildman–Crippen MR) is 49.9 cm³/mol. The van der Waals surface area contributed by atoms with E-state index in [2.05, 4.69) is 18.7 Å². The summed E-state index contributed by atoms with van der Waals surface area (Å²) in [6.07, 6.45) is 1.61. The molecule has 0 saturated carbocycles. The van der Waals surface area contributed by atoms with E-state index in [9.17, 15) is 5.11 Å². The van der Waals surface area contributed by atoms with Crippen molar-refractivity contribution in [3.8, 4) is 0 Å². The van der Waals surface area contributed by atoms with Crippen molar-refractivity contribution in [2.45, 2.75) is 38.3 Å². The molecule has 1 unspecified atom stereocenters. The van der Waals surface area contributed by atoms with Crippen molar-refractivity contribution in [2.75, 3.05) is 19.6 Å². The molecule has 3 heteroatoms. The normalized spacial score (nSPS) is 31.8. The molecule has 1 aliphatic rings. The summed E-state index contributed by atoms with van der Waals surface area (Å²) in [6.45, 7) is 6.71. The highest BCUT2D eigenvalue weighted by Gasteiger charge is 2.35. The molecule has 0 spiro atoms. The molecule has 1 heterocycles. The Kier molecular flexibility index (Phi) is 3.09. The average molecular weight is 172 g/mol. The van der Waals surface area contributed by atoms with Crippen molar-refractivity contribution < 1.29 is 5.11 Å². The van der Waals surface area contributed by atoms with E-state index >= 15 is 0 Å². The summed E-state index contributed by atoms with van der Waals surface area (Å²) in [5.74, 6) is 0. The van der Waals surface area contributed by atoms with Crippen LogP contribution < -0.4 is 5.73 Å². The number of hydrogen-bond donors (Lipinski definition) is 2. The molecule has 12 heavy (non-hydrogen) atoms. The van der Waals surface area contributed by atoms with Gasteiger partial charge in [0, 0.05) is 19.1 Å². The lowest BCUT2D eigenvalue weighted by molar-refractivity contribution is 0.0396. The van der Waals surface area contributed by atoms with Crippen LogP contribution in [0.5, 0.6) is 0 Å². The van der Waals surface area contributed by atoms with Crippen molar-refractivity contribution in [3.63, 3.8) is 0 Å². The smallest absolute Gasteiger partial charge is 0.0798 e. The van der Waals surface area contributed by atoms with Crippen LogP contribution in [-0.2, 0) is 0 Å². The predicted octanol–water partition coefficient (Wildman–Crippen LogP) is 0.180. The van der Waals surface area contributed by atoms with E-state index in [1.165, 1.54) is 0 Å². The molecule has 1 saturated heterocycles. The molecule has 1 rings (SSSR count). The third-order valence-electron chi connectivity index (χ3n) is 2.70. The van der Waals surface area contributed by atoms with E-state index in [1.807, 2.05) is 0 Å². The highest BCUT2D eigenvalue weighted by molar-refractivity contribution is 4.91. The van der Waals surface area contributed by atoms with Crippen molar-refractivity contribution in [3.05, 3.63) is 0 Å². The monoisotopic (exact) mass is 172 g/mol. The van der Waals surface area contributed by atoms with Gasteiger partial charge in [0.15, 0.2) is 0 Å². The van der Waals surface area contributed by atoms with Crippen molar-refractivity contribution in [2.24, 2.45) is 5.73 Å². The number of rotatable bonds is 3. The fourth-order valence-corrected chi connectivity index (χ4v) is 1.80. The van der Waals surface area contributed by atoms with E-state index in [0.29, 0.717) is 12.6 Å². The van der Waals surface area contributed by atoms with Gasteiger partial charge < -0.3 is 10.8 Å². The Morgan fingerprint density at radius 1 is 1.58 bits per heavy atom. The Labute approximate surface area is 74.5 Å². The van der Waals surface area contributed by atoms with Crippen LogP contribution in [0.4, 0.5) is 0 Å². The van der Waals surface area contributed by atoms with Gasteiger partial charge in [-0.25, -0.2) is 0 Å². The molecule has 0 radical (unpaired) electrons. The fraction of sp³-hybridized carbons (Fsp3) is 1.00. The quantitative estimate of drug-likeness (QED) is 0.638. The van der Waals surface area contributed by atoms with Crippen molar-refractivity contribution in [1.29, 1.82) is 0 Å². The first-order valence-corrected chi connectivity index (χ1v) is 4.74. The lowest BCUT2D eigenvalue weighted by Gasteiger charge is -2.24. The number of likely N-dealkylation sites (tertiary alicyclic amines) is 1. The summed E-state index contributed by atoms with van der Waals surface area (Å²) in [5.41, 5.74) is 4.94. The van der Waals surface area contributed by atoms with Crippen LogP contribution >= 0.6 is 0 Å². The Morgan fingerprint density at radius 2 is 2.25 bits per heavy atom. The maximum absolute atomic E-state index is 9.99. The molecule has 0 aromatic rings. The molecule has 0 aliphatic carbocycles. The standard InChI is InChI=1S/C9H20N2O/c1-8(2)11-6-4-9(12,7-11)3-5-10/h8,12H,3-7,10H2,1-2H3. The van der Waals surface area contributed by atoms with Crippen LogP contribution in [0.2, 0.25) is 0 Å². The first-order chi connectivity index (χ1) is 5.57. The SMILES string of the molecule is CC(C)N1CCC(O)(CCN)C1. The van der Waals surface area contributed by atoms with Crippen molar-refractivity contribution >= 4 is 0 Å². The summed E-state index contributed by atoms with van der Waals surface area (Å²) < 4.78 is 0. The maximum Gasteiger partial charge on any atom is 0.0798 e. The molecule has 0 amide bonds. The van der Waals surface area contributed by atoms with Crippen LogP contribution in [0, 0.1) is 0 Å². The second kappa shape index (κ2) is 3.73. The van der Waals surface area contributed by atoms with Gasteiger partial charge in [-0.05, 0) is 33.2 Å². The minimum atomic E-state index is -0.501. The largest absolute Gasteiger partial charge is 0.388 e. The molecular formula is C9H20N2O. The first kappa shape index (κ1) is 9.96. The van der Waals surface area contributed by atoms with Crippen LogP contribution in [-0.4, -0.2) is 41.3 Å². The zero-order chi connectivity index (χ0) is 9.19.